The molecule has 0 bridgehead atoms. The van der Waals surface area contributed by atoms with Crippen LogP contribution in [0.5, 0.6) is 0 Å². The normalized spacial score (nSPS) is 15.6. The molecule has 0 saturated heterocycles. The summed E-state index contributed by atoms with van der Waals surface area (Å²) in [5, 5.41) is 12.7. The molecule has 6 nitrogen and oxygen atoms in total. The number of nitrogens with zero attached hydrogens (tertiary/aromatic N) is 4. The number of pyridine rings is 1. The second-order valence-electron chi connectivity index (χ2n) is 6.35. The highest BCUT2D eigenvalue weighted by Gasteiger charge is 2.20. The van der Waals surface area contributed by atoms with Crippen molar-refractivity contribution >= 4 is 28.0 Å². The summed E-state index contributed by atoms with van der Waals surface area (Å²) >= 11 is 1.46. The van der Waals surface area contributed by atoms with Crippen LogP contribution in [0.25, 0.3) is 5.65 Å². The Morgan fingerprint density at radius 3 is 2.92 bits per heavy atom. The van der Waals surface area contributed by atoms with Gasteiger partial charge in [0.05, 0.1) is 12.1 Å². The van der Waals surface area contributed by atoms with Crippen molar-refractivity contribution in [3.05, 3.63) is 41.0 Å². The van der Waals surface area contributed by atoms with Gasteiger partial charge in [0.2, 0.25) is 11.0 Å². The van der Waals surface area contributed by atoms with Gasteiger partial charge in [0.15, 0.2) is 0 Å². The van der Waals surface area contributed by atoms with Crippen LogP contribution in [0.15, 0.2) is 24.5 Å². The van der Waals surface area contributed by atoms with Crippen molar-refractivity contribution in [2.45, 2.75) is 44.4 Å². The minimum absolute atomic E-state index is 0.113. The second-order valence-corrected chi connectivity index (χ2v) is 7.36. The smallest absolute Gasteiger partial charge is 0.232 e. The van der Waals surface area contributed by atoms with E-state index in [4.69, 9.17) is 0 Å². The number of fused-ring (bicyclic) bond motifs is 1. The summed E-state index contributed by atoms with van der Waals surface area (Å²) < 4.78 is 14.8. The zero-order chi connectivity index (χ0) is 17.2. The lowest BCUT2D eigenvalue weighted by Gasteiger charge is -2.18. The van der Waals surface area contributed by atoms with E-state index in [0.717, 1.165) is 17.8 Å². The van der Waals surface area contributed by atoms with Gasteiger partial charge in [-0.25, -0.2) is 9.37 Å². The summed E-state index contributed by atoms with van der Waals surface area (Å²) in [6.07, 6.45) is 9.18. The van der Waals surface area contributed by atoms with Crippen LogP contribution in [0, 0.1) is 5.82 Å². The number of carbonyl (C=O) groups is 1. The lowest BCUT2D eigenvalue weighted by Crippen LogP contribution is -2.14. The number of carbonyl (C=O) groups excluding carboxylic acids is 1. The van der Waals surface area contributed by atoms with Crippen LogP contribution < -0.4 is 5.32 Å². The van der Waals surface area contributed by atoms with Crippen molar-refractivity contribution in [3.8, 4) is 0 Å². The number of hydrogen-bond donors (Lipinski definition) is 1. The topological polar surface area (TPSA) is 72.2 Å². The fraction of sp³-hybridized carbons (Fsp3) is 0.412. The van der Waals surface area contributed by atoms with Crippen molar-refractivity contribution in [1.82, 2.24) is 19.6 Å². The van der Waals surface area contributed by atoms with E-state index in [1.165, 1.54) is 42.9 Å². The van der Waals surface area contributed by atoms with Gasteiger partial charge in [-0.15, -0.1) is 10.2 Å². The number of halogens is 1. The average molecular weight is 359 g/mol. The van der Waals surface area contributed by atoms with E-state index >= 15 is 0 Å². The van der Waals surface area contributed by atoms with Gasteiger partial charge in [-0.3, -0.25) is 4.79 Å². The molecular formula is C17H18FN5OS. The Bertz CT molecular complexity index is 899. The summed E-state index contributed by atoms with van der Waals surface area (Å²) in [4.78, 5) is 16.5. The van der Waals surface area contributed by atoms with Crippen LogP contribution in [0.4, 0.5) is 9.52 Å². The molecule has 1 N–H and O–H groups in total. The largest absolute Gasteiger partial charge is 0.304 e. The van der Waals surface area contributed by atoms with Crippen LogP contribution in [-0.2, 0) is 11.2 Å². The van der Waals surface area contributed by atoms with Gasteiger partial charge in [-0.05, 0) is 25.0 Å². The highest BCUT2D eigenvalue weighted by atomic mass is 32.1. The average Bonchev–Trinajstić information content (AvgIpc) is 3.21. The molecule has 0 spiro atoms. The molecule has 4 rings (SSSR count). The first-order chi connectivity index (χ1) is 12.2. The highest BCUT2D eigenvalue weighted by molar-refractivity contribution is 7.15. The summed E-state index contributed by atoms with van der Waals surface area (Å²) in [6.45, 7) is 0. The number of nitrogens with one attached hydrogen (secondary N) is 1. The number of amides is 1. The molecule has 1 amide bonds. The van der Waals surface area contributed by atoms with Crippen LogP contribution >= 0.6 is 11.3 Å². The SMILES string of the molecule is O=C(Cc1cn2cc(F)ccc2n1)Nc1nnc(C2CCCCC2)s1. The number of hydrogen-bond acceptors (Lipinski definition) is 5. The van der Waals surface area contributed by atoms with Gasteiger partial charge >= 0.3 is 0 Å². The molecule has 3 aromatic rings. The monoisotopic (exact) mass is 359 g/mol. The van der Waals surface area contributed by atoms with E-state index in [0.29, 0.717) is 22.4 Å². The molecule has 0 radical (unpaired) electrons. The first kappa shape index (κ1) is 16.1. The van der Waals surface area contributed by atoms with E-state index in [2.05, 4.69) is 20.5 Å². The lowest BCUT2D eigenvalue weighted by molar-refractivity contribution is -0.115. The summed E-state index contributed by atoms with van der Waals surface area (Å²) in [5.74, 6) is -0.0644. The van der Waals surface area contributed by atoms with E-state index in [1.807, 2.05) is 0 Å². The fourth-order valence-corrected chi connectivity index (χ4v) is 4.16. The van der Waals surface area contributed by atoms with Gasteiger partial charge in [0.1, 0.15) is 16.5 Å². The van der Waals surface area contributed by atoms with Crippen molar-refractivity contribution in [3.63, 3.8) is 0 Å². The molecule has 130 valence electrons. The molecule has 1 aliphatic carbocycles. The number of aromatic nitrogens is 4. The third kappa shape index (κ3) is 3.68. The van der Waals surface area contributed by atoms with Crippen molar-refractivity contribution in [2.75, 3.05) is 5.32 Å². The second kappa shape index (κ2) is 6.87. The zero-order valence-corrected chi connectivity index (χ0v) is 14.4. The first-order valence-corrected chi connectivity index (χ1v) is 9.25. The maximum Gasteiger partial charge on any atom is 0.232 e. The molecule has 0 aromatic carbocycles. The lowest BCUT2D eigenvalue weighted by atomic mass is 9.90. The maximum atomic E-state index is 13.2. The molecular weight excluding hydrogens is 341 g/mol. The Balaban J connectivity index is 1.40. The third-order valence-corrected chi connectivity index (χ3v) is 5.45. The quantitative estimate of drug-likeness (QED) is 0.773. The molecule has 8 heteroatoms. The molecule has 1 aliphatic rings. The van der Waals surface area contributed by atoms with E-state index < -0.39 is 0 Å². The summed E-state index contributed by atoms with van der Waals surface area (Å²) in [7, 11) is 0. The highest BCUT2D eigenvalue weighted by Crippen LogP contribution is 2.35. The van der Waals surface area contributed by atoms with E-state index in [1.54, 1.807) is 16.7 Å². The molecule has 1 saturated carbocycles. The summed E-state index contributed by atoms with van der Waals surface area (Å²) in [6, 6.07) is 2.93. The van der Waals surface area contributed by atoms with Crippen LogP contribution in [0.2, 0.25) is 0 Å². The molecule has 3 heterocycles. The standard InChI is InChI=1S/C17H18FN5OS/c18-12-6-7-14-19-13(10-23(14)9-12)8-15(24)20-17-22-21-16(25-17)11-4-2-1-3-5-11/h6-7,9-11H,1-5,8H2,(H,20,22,24). The van der Waals surface area contributed by atoms with Crippen molar-refractivity contribution in [2.24, 2.45) is 0 Å². The van der Waals surface area contributed by atoms with Gasteiger partial charge in [-0.2, -0.15) is 0 Å². The molecule has 0 atom stereocenters. The maximum absolute atomic E-state index is 13.2. The van der Waals surface area contributed by atoms with Crippen LogP contribution in [0.3, 0.4) is 0 Å². The molecule has 25 heavy (non-hydrogen) atoms. The Morgan fingerprint density at radius 1 is 1.24 bits per heavy atom. The Hall–Kier alpha value is -2.35. The van der Waals surface area contributed by atoms with E-state index in [9.17, 15) is 9.18 Å². The van der Waals surface area contributed by atoms with Gasteiger partial charge in [-0.1, -0.05) is 30.6 Å². The Morgan fingerprint density at radius 2 is 2.08 bits per heavy atom. The van der Waals surface area contributed by atoms with Gasteiger partial charge < -0.3 is 9.72 Å². The minimum Gasteiger partial charge on any atom is -0.304 e. The number of rotatable bonds is 4. The van der Waals surface area contributed by atoms with Crippen molar-refractivity contribution < 1.29 is 9.18 Å². The molecule has 1 fully saturated rings. The Labute approximate surface area is 148 Å². The Kier molecular flexibility index (Phi) is 4.44. The summed E-state index contributed by atoms with van der Waals surface area (Å²) in [5.41, 5.74) is 1.19. The van der Waals surface area contributed by atoms with Gasteiger partial charge in [0, 0.05) is 18.3 Å². The fourth-order valence-electron chi connectivity index (χ4n) is 3.23. The third-order valence-electron chi connectivity index (χ3n) is 4.45. The van der Waals surface area contributed by atoms with E-state index in [-0.39, 0.29) is 18.1 Å². The number of imidazole rings is 1. The first-order valence-electron chi connectivity index (χ1n) is 8.44. The van der Waals surface area contributed by atoms with Crippen molar-refractivity contribution in [1.29, 1.82) is 0 Å². The minimum atomic E-state index is -0.343. The molecule has 3 aromatic heterocycles. The predicted molar refractivity (Wildman–Crippen MR) is 93.2 cm³/mol. The van der Waals surface area contributed by atoms with Gasteiger partial charge in [0.25, 0.3) is 0 Å². The van der Waals surface area contributed by atoms with Crippen LogP contribution in [0.1, 0.15) is 48.7 Å². The molecule has 0 aliphatic heterocycles. The molecule has 0 unspecified atom stereocenters. The van der Waals surface area contributed by atoms with Crippen LogP contribution in [-0.4, -0.2) is 25.5 Å². The predicted octanol–water partition coefficient (Wildman–Crippen LogP) is 3.55. The number of anilines is 1. The zero-order valence-electron chi connectivity index (χ0n) is 13.6.